The molecule has 0 amide bonds. The summed E-state index contributed by atoms with van der Waals surface area (Å²) in [6, 6.07) is 8.15. The quantitative estimate of drug-likeness (QED) is 0.919. The van der Waals surface area contributed by atoms with Gasteiger partial charge in [0.05, 0.1) is 12.3 Å². The zero-order chi connectivity index (χ0) is 11.7. The van der Waals surface area contributed by atoms with E-state index >= 15 is 0 Å². The summed E-state index contributed by atoms with van der Waals surface area (Å²) in [5.74, 6) is 0.861. The Hall–Kier alpha value is -1.13. The second-order valence-electron chi connectivity index (χ2n) is 3.76. The minimum absolute atomic E-state index is 0.0553. The SMILES string of the molecule is Cc1cccc(-c2nc(CO)c(Br)n2C)c1. The molecule has 1 aromatic carbocycles. The minimum Gasteiger partial charge on any atom is -0.390 e. The number of aliphatic hydroxyl groups is 1. The summed E-state index contributed by atoms with van der Waals surface area (Å²) in [6.45, 7) is 1.99. The first-order valence-electron chi connectivity index (χ1n) is 5.02. The molecule has 0 saturated heterocycles. The summed E-state index contributed by atoms with van der Waals surface area (Å²) >= 11 is 3.42. The molecule has 4 heteroatoms. The smallest absolute Gasteiger partial charge is 0.140 e. The lowest BCUT2D eigenvalue weighted by Crippen LogP contribution is -1.92. The number of aryl methyl sites for hydroxylation is 1. The van der Waals surface area contributed by atoms with E-state index in [0.29, 0.717) is 5.69 Å². The summed E-state index contributed by atoms with van der Waals surface area (Å²) in [5.41, 5.74) is 2.92. The van der Waals surface area contributed by atoms with Gasteiger partial charge in [-0.05, 0) is 28.9 Å². The van der Waals surface area contributed by atoms with Crippen molar-refractivity contribution >= 4 is 15.9 Å². The Kier molecular flexibility index (Phi) is 3.12. The van der Waals surface area contributed by atoms with Crippen LogP contribution < -0.4 is 0 Å². The first kappa shape index (κ1) is 11.4. The first-order valence-corrected chi connectivity index (χ1v) is 5.81. The Labute approximate surface area is 103 Å². The maximum absolute atomic E-state index is 9.15. The van der Waals surface area contributed by atoms with Gasteiger partial charge >= 0.3 is 0 Å². The molecule has 1 heterocycles. The summed E-state index contributed by atoms with van der Waals surface area (Å²) in [4.78, 5) is 4.41. The highest BCUT2D eigenvalue weighted by Gasteiger charge is 2.12. The van der Waals surface area contributed by atoms with Crippen LogP contribution in [0.1, 0.15) is 11.3 Å². The van der Waals surface area contributed by atoms with Crippen LogP contribution in [0.3, 0.4) is 0 Å². The number of imidazole rings is 1. The van der Waals surface area contributed by atoms with Gasteiger partial charge in [0.25, 0.3) is 0 Å². The lowest BCUT2D eigenvalue weighted by Gasteiger charge is -2.03. The third-order valence-electron chi connectivity index (χ3n) is 2.52. The van der Waals surface area contributed by atoms with Crippen LogP contribution in [0, 0.1) is 6.92 Å². The Balaban J connectivity index is 2.56. The molecule has 0 aliphatic carbocycles. The molecule has 2 aromatic rings. The van der Waals surface area contributed by atoms with Gasteiger partial charge in [-0.1, -0.05) is 23.8 Å². The van der Waals surface area contributed by atoms with Gasteiger partial charge in [-0.3, -0.25) is 0 Å². The first-order chi connectivity index (χ1) is 7.63. The van der Waals surface area contributed by atoms with Crippen molar-refractivity contribution in [2.45, 2.75) is 13.5 Å². The van der Waals surface area contributed by atoms with E-state index in [1.807, 2.05) is 23.7 Å². The zero-order valence-corrected chi connectivity index (χ0v) is 10.8. The predicted molar refractivity (Wildman–Crippen MR) is 67.0 cm³/mol. The zero-order valence-electron chi connectivity index (χ0n) is 9.24. The summed E-state index contributed by atoms with van der Waals surface area (Å²) < 4.78 is 2.76. The number of halogens is 1. The van der Waals surface area contributed by atoms with E-state index < -0.39 is 0 Å². The molecule has 1 N–H and O–H groups in total. The maximum Gasteiger partial charge on any atom is 0.140 e. The van der Waals surface area contributed by atoms with Crippen LogP contribution in [0.25, 0.3) is 11.4 Å². The van der Waals surface area contributed by atoms with Crippen LogP contribution in [0.15, 0.2) is 28.9 Å². The molecule has 0 spiro atoms. The average molecular weight is 281 g/mol. The van der Waals surface area contributed by atoms with Crippen molar-refractivity contribution in [3.05, 3.63) is 40.1 Å². The number of aromatic nitrogens is 2. The summed E-state index contributed by atoms with van der Waals surface area (Å²) in [5, 5.41) is 9.15. The van der Waals surface area contributed by atoms with Gasteiger partial charge in [0.1, 0.15) is 10.4 Å². The monoisotopic (exact) mass is 280 g/mol. The van der Waals surface area contributed by atoms with Crippen molar-refractivity contribution in [1.29, 1.82) is 0 Å². The number of nitrogens with zero attached hydrogens (tertiary/aromatic N) is 2. The fourth-order valence-electron chi connectivity index (χ4n) is 1.68. The maximum atomic E-state index is 9.15. The highest BCUT2D eigenvalue weighted by molar-refractivity contribution is 9.10. The van der Waals surface area contributed by atoms with E-state index in [-0.39, 0.29) is 6.61 Å². The minimum atomic E-state index is -0.0553. The average Bonchev–Trinajstić information content (AvgIpc) is 2.56. The molecule has 84 valence electrons. The third kappa shape index (κ3) is 1.90. The number of aliphatic hydroxyl groups excluding tert-OH is 1. The van der Waals surface area contributed by atoms with E-state index in [1.54, 1.807) is 0 Å². The normalized spacial score (nSPS) is 10.8. The Bertz CT molecular complexity index is 520. The number of hydrogen-bond acceptors (Lipinski definition) is 2. The van der Waals surface area contributed by atoms with Gasteiger partial charge in [0.2, 0.25) is 0 Å². The van der Waals surface area contributed by atoms with Crippen LogP contribution in [0.2, 0.25) is 0 Å². The molecule has 16 heavy (non-hydrogen) atoms. The fourth-order valence-corrected chi connectivity index (χ4v) is 2.06. The van der Waals surface area contributed by atoms with Crippen LogP contribution in [-0.4, -0.2) is 14.7 Å². The molecular formula is C12H13BrN2O. The topological polar surface area (TPSA) is 38.1 Å². The molecule has 0 bridgehead atoms. The van der Waals surface area contributed by atoms with Crippen molar-refractivity contribution in [3.8, 4) is 11.4 Å². The summed E-state index contributed by atoms with van der Waals surface area (Å²) in [7, 11) is 1.92. The van der Waals surface area contributed by atoms with Gasteiger partial charge in [-0.15, -0.1) is 0 Å². The van der Waals surface area contributed by atoms with E-state index in [0.717, 1.165) is 16.0 Å². The van der Waals surface area contributed by atoms with E-state index in [9.17, 15) is 0 Å². The van der Waals surface area contributed by atoms with Crippen LogP contribution in [0.5, 0.6) is 0 Å². The summed E-state index contributed by atoms with van der Waals surface area (Å²) in [6.07, 6.45) is 0. The van der Waals surface area contributed by atoms with Gasteiger partial charge in [0.15, 0.2) is 0 Å². The standard InChI is InChI=1S/C12H13BrN2O/c1-8-4-3-5-9(6-8)12-14-10(7-16)11(13)15(12)2/h3-6,16H,7H2,1-2H3. The van der Waals surface area contributed by atoms with Crippen LogP contribution in [0.4, 0.5) is 0 Å². The van der Waals surface area contributed by atoms with Crippen molar-refractivity contribution in [1.82, 2.24) is 9.55 Å². The molecule has 0 atom stereocenters. The van der Waals surface area contributed by atoms with Gasteiger partial charge < -0.3 is 9.67 Å². The fraction of sp³-hybridized carbons (Fsp3) is 0.250. The Morgan fingerprint density at radius 3 is 2.75 bits per heavy atom. The molecule has 0 aliphatic rings. The number of benzene rings is 1. The van der Waals surface area contributed by atoms with E-state index in [2.05, 4.69) is 40.0 Å². The van der Waals surface area contributed by atoms with Gasteiger partial charge in [-0.25, -0.2) is 4.98 Å². The molecule has 3 nitrogen and oxygen atoms in total. The molecule has 0 radical (unpaired) electrons. The molecule has 0 saturated carbocycles. The van der Waals surface area contributed by atoms with Crippen LogP contribution in [-0.2, 0) is 13.7 Å². The Morgan fingerprint density at radius 2 is 2.19 bits per heavy atom. The van der Waals surface area contributed by atoms with Gasteiger partial charge in [-0.2, -0.15) is 0 Å². The van der Waals surface area contributed by atoms with Crippen molar-refractivity contribution in [3.63, 3.8) is 0 Å². The second kappa shape index (κ2) is 4.39. The van der Waals surface area contributed by atoms with Gasteiger partial charge in [0, 0.05) is 12.6 Å². The largest absolute Gasteiger partial charge is 0.390 e. The van der Waals surface area contributed by atoms with Crippen LogP contribution >= 0.6 is 15.9 Å². The lowest BCUT2D eigenvalue weighted by atomic mass is 10.1. The third-order valence-corrected chi connectivity index (χ3v) is 3.51. The molecule has 0 fully saturated rings. The highest BCUT2D eigenvalue weighted by Crippen LogP contribution is 2.25. The second-order valence-corrected chi connectivity index (χ2v) is 4.51. The van der Waals surface area contributed by atoms with E-state index in [4.69, 9.17) is 5.11 Å². The number of hydrogen-bond donors (Lipinski definition) is 1. The van der Waals surface area contributed by atoms with Crippen molar-refractivity contribution in [2.24, 2.45) is 7.05 Å². The molecular weight excluding hydrogens is 268 g/mol. The van der Waals surface area contributed by atoms with E-state index in [1.165, 1.54) is 5.56 Å². The molecule has 0 unspecified atom stereocenters. The molecule has 0 aliphatic heterocycles. The highest BCUT2D eigenvalue weighted by atomic mass is 79.9. The predicted octanol–water partition coefficient (Wildman–Crippen LogP) is 2.65. The van der Waals surface area contributed by atoms with Crippen molar-refractivity contribution < 1.29 is 5.11 Å². The Morgan fingerprint density at radius 1 is 1.44 bits per heavy atom. The molecule has 1 aromatic heterocycles. The molecule has 2 rings (SSSR count). The number of rotatable bonds is 2. The van der Waals surface area contributed by atoms with Crippen molar-refractivity contribution in [2.75, 3.05) is 0 Å². The lowest BCUT2D eigenvalue weighted by molar-refractivity contribution is 0.276.